The lowest BCUT2D eigenvalue weighted by atomic mass is 10.2. The molecule has 0 aromatic carbocycles. The summed E-state index contributed by atoms with van der Waals surface area (Å²) in [5.74, 6) is -0.152. The van der Waals surface area contributed by atoms with Gasteiger partial charge in [-0.15, -0.1) is 0 Å². The van der Waals surface area contributed by atoms with Crippen molar-refractivity contribution in [2.24, 2.45) is 0 Å². The Balaban J connectivity index is 2.21. The summed E-state index contributed by atoms with van der Waals surface area (Å²) in [4.78, 5) is 15.5. The van der Waals surface area contributed by atoms with E-state index in [2.05, 4.69) is 26.2 Å². The predicted octanol–water partition coefficient (Wildman–Crippen LogP) is 0.973. The Labute approximate surface area is 108 Å². The molecule has 0 saturated heterocycles. The second-order valence-electron chi connectivity index (χ2n) is 3.34. The summed E-state index contributed by atoms with van der Waals surface area (Å²) in [6, 6.07) is 1.71. The summed E-state index contributed by atoms with van der Waals surface area (Å²) < 4.78 is 5.84. The Morgan fingerprint density at radius 2 is 2.29 bits per heavy atom. The van der Waals surface area contributed by atoms with Gasteiger partial charge in [0, 0.05) is 30.0 Å². The Hall–Kier alpha value is -0.980. The van der Waals surface area contributed by atoms with Crippen molar-refractivity contribution in [2.75, 3.05) is 26.4 Å². The minimum absolute atomic E-state index is 0.0239. The zero-order valence-corrected chi connectivity index (χ0v) is 10.9. The number of halogens is 1. The van der Waals surface area contributed by atoms with Gasteiger partial charge in [0.2, 0.25) is 0 Å². The Morgan fingerprint density at radius 1 is 1.47 bits per heavy atom. The molecule has 0 spiro atoms. The lowest BCUT2D eigenvalue weighted by molar-refractivity contribution is 0.0867. The molecule has 0 atom stereocenters. The average Bonchev–Trinajstić information content (AvgIpc) is 2.33. The predicted molar refractivity (Wildman–Crippen MR) is 66.8 cm³/mol. The molecule has 1 amide bonds. The van der Waals surface area contributed by atoms with E-state index in [-0.39, 0.29) is 12.5 Å². The first-order valence-corrected chi connectivity index (χ1v) is 6.10. The number of amides is 1. The quantitative estimate of drug-likeness (QED) is 0.736. The van der Waals surface area contributed by atoms with Crippen molar-refractivity contribution < 1.29 is 14.6 Å². The number of aromatic nitrogens is 1. The van der Waals surface area contributed by atoms with Crippen LogP contribution in [0.15, 0.2) is 22.9 Å². The second-order valence-corrected chi connectivity index (χ2v) is 4.25. The maximum absolute atomic E-state index is 11.6. The third-order valence-corrected chi connectivity index (χ3v) is 2.39. The second kappa shape index (κ2) is 8.16. The van der Waals surface area contributed by atoms with Crippen molar-refractivity contribution in [3.8, 4) is 0 Å². The van der Waals surface area contributed by atoms with Crippen molar-refractivity contribution in [3.05, 3.63) is 28.5 Å². The monoisotopic (exact) mass is 302 g/mol. The van der Waals surface area contributed by atoms with Crippen LogP contribution in [0.3, 0.4) is 0 Å². The fraction of sp³-hybridized carbons (Fsp3) is 0.455. The lowest BCUT2D eigenvalue weighted by Gasteiger charge is -2.05. The molecule has 1 rings (SSSR count). The standard InChI is InChI=1S/C11H15BrN2O3/c12-10-6-9(7-13-8-10)11(16)14-2-1-4-17-5-3-15/h6-8,15H,1-5H2,(H,14,16). The normalized spacial score (nSPS) is 10.2. The fourth-order valence-corrected chi connectivity index (χ4v) is 1.55. The summed E-state index contributed by atoms with van der Waals surface area (Å²) in [6.07, 6.45) is 3.86. The van der Waals surface area contributed by atoms with Gasteiger partial charge in [-0.1, -0.05) is 0 Å². The Morgan fingerprint density at radius 3 is 3.00 bits per heavy atom. The zero-order chi connectivity index (χ0) is 12.5. The van der Waals surface area contributed by atoms with Gasteiger partial charge in [0.15, 0.2) is 0 Å². The van der Waals surface area contributed by atoms with Crippen LogP contribution < -0.4 is 5.32 Å². The van der Waals surface area contributed by atoms with Gasteiger partial charge < -0.3 is 15.2 Å². The number of carbonyl (C=O) groups is 1. The highest BCUT2D eigenvalue weighted by molar-refractivity contribution is 9.10. The van der Waals surface area contributed by atoms with Crippen molar-refractivity contribution in [2.45, 2.75) is 6.42 Å². The molecule has 5 nitrogen and oxygen atoms in total. The summed E-state index contributed by atoms with van der Waals surface area (Å²) in [5, 5.41) is 11.2. The highest BCUT2D eigenvalue weighted by atomic mass is 79.9. The molecule has 17 heavy (non-hydrogen) atoms. The van der Waals surface area contributed by atoms with Crippen LogP contribution in [0, 0.1) is 0 Å². The molecule has 0 fully saturated rings. The topological polar surface area (TPSA) is 71.5 Å². The number of aliphatic hydroxyl groups excluding tert-OH is 1. The molecule has 0 unspecified atom stereocenters. The molecule has 0 aliphatic carbocycles. The van der Waals surface area contributed by atoms with E-state index in [0.717, 1.165) is 4.47 Å². The summed E-state index contributed by atoms with van der Waals surface area (Å²) in [5.41, 5.74) is 0.524. The molecule has 0 radical (unpaired) electrons. The van der Waals surface area contributed by atoms with Gasteiger partial charge in [-0.25, -0.2) is 0 Å². The average molecular weight is 303 g/mol. The third kappa shape index (κ3) is 5.76. The van der Waals surface area contributed by atoms with Gasteiger partial charge >= 0.3 is 0 Å². The van der Waals surface area contributed by atoms with E-state index >= 15 is 0 Å². The van der Waals surface area contributed by atoms with E-state index in [1.165, 1.54) is 6.20 Å². The zero-order valence-electron chi connectivity index (χ0n) is 9.36. The van der Waals surface area contributed by atoms with Crippen molar-refractivity contribution in [1.82, 2.24) is 10.3 Å². The Kier molecular flexibility index (Phi) is 6.76. The first kappa shape index (κ1) is 14.1. The maximum atomic E-state index is 11.6. The number of nitrogens with zero attached hydrogens (tertiary/aromatic N) is 1. The SMILES string of the molecule is O=C(NCCCOCCO)c1cncc(Br)c1. The van der Waals surface area contributed by atoms with Crippen LogP contribution in [0.2, 0.25) is 0 Å². The molecule has 94 valence electrons. The minimum atomic E-state index is -0.152. The molecule has 1 heterocycles. The highest BCUT2D eigenvalue weighted by Gasteiger charge is 2.05. The number of hydrogen-bond donors (Lipinski definition) is 2. The number of hydrogen-bond acceptors (Lipinski definition) is 4. The van der Waals surface area contributed by atoms with Crippen LogP contribution >= 0.6 is 15.9 Å². The van der Waals surface area contributed by atoms with E-state index in [0.29, 0.717) is 31.7 Å². The number of nitrogens with one attached hydrogen (secondary N) is 1. The van der Waals surface area contributed by atoms with Crippen LogP contribution in [0.1, 0.15) is 16.8 Å². The van der Waals surface area contributed by atoms with E-state index in [4.69, 9.17) is 9.84 Å². The van der Waals surface area contributed by atoms with Gasteiger partial charge in [0.05, 0.1) is 18.8 Å². The van der Waals surface area contributed by atoms with Crippen molar-refractivity contribution in [3.63, 3.8) is 0 Å². The molecule has 0 aliphatic rings. The first-order valence-electron chi connectivity index (χ1n) is 5.31. The van der Waals surface area contributed by atoms with E-state index in [1.54, 1.807) is 12.3 Å². The van der Waals surface area contributed by atoms with E-state index < -0.39 is 0 Å². The van der Waals surface area contributed by atoms with Crippen molar-refractivity contribution >= 4 is 21.8 Å². The molecule has 6 heteroatoms. The van der Waals surface area contributed by atoms with E-state index in [9.17, 15) is 4.79 Å². The molecule has 0 aliphatic heterocycles. The molecule has 2 N–H and O–H groups in total. The summed E-state index contributed by atoms with van der Waals surface area (Å²) in [6.45, 7) is 1.42. The molecule has 0 bridgehead atoms. The minimum Gasteiger partial charge on any atom is -0.394 e. The summed E-state index contributed by atoms with van der Waals surface area (Å²) in [7, 11) is 0. The number of rotatable bonds is 7. The largest absolute Gasteiger partial charge is 0.394 e. The molecule has 1 aromatic rings. The van der Waals surface area contributed by atoms with Crippen LogP contribution in [-0.4, -0.2) is 42.4 Å². The Bertz CT molecular complexity index is 360. The van der Waals surface area contributed by atoms with Gasteiger partial charge in [-0.2, -0.15) is 0 Å². The van der Waals surface area contributed by atoms with Crippen molar-refractivity contribution in [1.29, 1.82) is 0 Å². The van der Waals surface area contributed by atoms with Crippen LogP contribution in [0.25, 0.3) is 0 Å². The summed E-state index contributed by atoms with van der Waals surface area (Å²) >= 11 is 3.25. The molecule has 1 aromatic heterocycles. The van der Waals surface area contributed by atoms with E-state index in [1.807, 2.05) is 0 Å². The first-order chi connectivity index (χ1) is 8.24. The van der Waals surface area contributed by atoms with Gasteiger partial charge in [0.25, 0.3) is 5.91 Å². The smallest absolute Gasteiger partial charge is 0.252 e. The molecule has 0 saturated carbocycles. The molecular formula is C11H15BrN2O3. The number of carbonyl (C=O) groups excluding carboxylic acids is 1. The van der Waals surface area contributed by atoms with Gasteiger partial charge in [0.1, 0.15) is 0 Å². The lowest BCUT2D eigenvalue weighted by Crippen LogP contribution is -2.25. The van der Waals surface area contributed by atoms with Gasteiger partial charge in [-0.3, -0.25) is 9.78 Å². The number of ether oxygens (including phenoxy) is 1. The number of pyridine rings is 1. The van der Waals surface area contributed by atoms with Gasteiger partial charge in [-0.05, 0) is 28.4 Å². The van der Waals surface area contributed by atoms with Crippen LogP contribution in [-0.2, 0) is 4.74 Å². The fourth-order valence-electron chi connectivity index (χ4n) is 1.18. The highest BCUT2D eigenvalue weighted by Crippen LogP contribution is 2.09. The van der Waals surface area contributed by atoms with Crippen LogP contribution in [0.5, 0.6) is 0 Å². The third-order valence-electron chi connectivity index (χ3n) is 1.95. The van der Waals surface area contributed by atoms with Crippen LogP contribution in [0.4, 0.5) is 0 Å². The molecular weight excluding hydrogens is 288 g/mol. The maximum Gasteiger partial charge on any atom is 0.252 e. The number of aliphatic hydroxyl groups is 1.